The fourth-order valence-corrected chi connectivity index (χ4v) is 1.80. The first-order valence-electron chi connectivity index (χ1n) is 4.31. The number of rotatable bonds is 3. The van der Waals surface area contributed by atoms with Gasteiger partial charge in [0.1, 0.15) is 5.82 Å². The quantitative estimate of drug-likeness (QED) is 0.358. The zero-order valence-electron chi connectivity index (χ0n) is 8.01. The molecule has 0 saturated carbocycles. The zero-order valence-corrected chi connectivity index (χ0v) is 8.83. The highest BCUT2D eigenvalue weighted by atomic mass is 32.2. The zero-order chi connectivity index (χ0) is 10.4. The monoisotopic (exact) mass is 209 g/mol. The van der Waals surface area contributed by atoms with Gasteiger partial charge in [-0.2, -0.15) is 0 Å². The molecule has 0 amide bonds. The summed E-state index contributed by atoms with van der Waals surface area (Å²) in [6, 6.07) is 4.47. The van der Waals surface area contributed by atoms with E-state index in [1.807, 2.05) is 6.92 Å². The summed E-state index contributed by atoms with van der Waals surface area (Å²) in [5, 5.41) is 0. The first-order valence-corrected chi connectivity index (χ1v) is 5.30. The number of thioether (sulfide) groups is 1. The topological polar surface area (TPSA) is 26.0 Å². The molecule has 0 aliphatic carbocycles. The predicted octanol–water partition coefficient (Wildman–Crippen LogP) is 2.91. The molecule has 74 valence electrons. The maximum atomic E-state index is 12.7. The number of benzene rings is 1. The number of halogens is 1. The van der Waals surface area contributed by atoms with Crippen molar-refractivity contribution in [3.8, 4) is 11.8 Å². The van der Waals surface area contributed by atoms with Gasteiger partial charge in [0.05, 0.1) is 0 Å². The van der Waals surface area contributed by atoms with Crippen molar-refractivity contribution in [1.29, 1.82) is 0 Å². The van der Waals surface area contributed by atoms with Crippen LogP contribution in [0.4, 0.5) is 10.1 Å². The number of nitrogens with two attached hydrogens (primary N) is 1. The van der Waals surface area contributed by atoms with Crippen LogP contribution in [0.5, 0.6) is 0 Å². The van der Waals surface area contributed by atoms with Crippen LogP contribution in [0.1, 0.15) is 13.3 Å². The molecule has 14 heavy (non-hydrogen) atoms. The van der Waals surface area contributed by atoms with Gasteiger partial charge in [0.2, 0.25) is 0 Å². The van der Waals surface area contributed by atoms with E-state index in [0.29, 0.717) is 5.69 Å². The standard InChI is InChI=1S/C11H12FNS/c1-2-3-4-7-14-11-6-5-9(12)8-10(11)13/h5-6,8H,4,7,13H2,1H3. The Kier molecular flexibility index (Phi) is 4.34. The van der Waals surface area contributed by atoms with Crippen LogP contribution in [0.3, 0.4) is 0 Å². The first kappa shape index (κ1) is 10.9. The lowest BCUT2D eigenvalue weighted by Crippen LogP contribution is -1.90. The highest BCUT2D eigenvalue weighted by Gasteiger charge is 2.00. The lowest BCUT2D eigenvalue weighted by Gasteiger charge is -2.03. The Hall–Kier alpha value is -1.14. The molecule has 1 aromatic rings. The van der Waals surface area contributed by atoms with Gasteiger partial charge >= 0.3 is 0 Å². The van der Waals surface area contributed by atoms with Crippen LogP contribution in [0, 0.1) is 17.7 Å². The van der Waals surface area contributed by atoms with Gasteiger partial charge in [-0.25, -0.2) is 4.39 Å². The smallest absolute Gasteiger partial charge is 0.125 e. The molecule has 0 aliphatic rings. The SMILES string of the molecule is CC#CCCSc1ccc(F)cc1N. The molecule has 0 fully saturated rings. The summed E-state index contributed by atoms with van der Waals surface area (Å²) in [5.41, 5.74) is 6.14. The molecule has 0 radical (unpaired) electrons. The van der Waals surface area contributed by atoms with Crippen molar-refractivity contribution in [3.63, 3.8) is 0 Å². The van der Waals surface area contributed by atoms with E-state index in [0.717, 1.165) is 17.1 Å². The molecule has 0 aromatic heterocycles. The molecule has 0 saturated heterocycles. The third-order valence-electron chi connectivity index (χ3n) is 1.63. The van der Waals surface area contributed by atoms with Crippen molar-refractivity contribution in [3.05, 3.63) is 24.0 Å². The Bertz CT molecular complexity index is 365. The van der Waals surface area contributed by atoms with Crippen LogP contribution in [-0.2, 0) is 0 Å². The minimum absolute atomic E-state index is 0.291. The van der Waals surface area contributed by atoms with E-state index in [-0.39, 0.29) is 5.82 Å². The summed E-state index contributed by atoms with van der Waals surface area (Å²) in [6.07, 6.45) is 0.831. The summed E-state index contributed by atoms with van der Waals surface area (Å²) < 4.78 is 12.7. The molecule has 3 heteroatoms. The van der Waals surface area contributed by atoms with E-state index >= 15 is 0 Å². The number of anilines is 1. The second kappa shape index (κ2) is 5.56. The summed E-state index contributed by atoms with van der Waals surface area (Å²) in [6.45, 7) is 1.82. The van der Waals surface area contributed by atoms with Crippen LogP contribution >= 0.6 is 11.8 Å². The van der Waals surface area contributed by atoms with Gasteiger partial charge in [0.25, 0.3) is 0 Å². The second-order valence-electron chi connectivity index (χ2n) is 2.71. The highest BCUT2D eigenvalue weighted by molar-refractivity contribution is 7.99. The minimum Gasteiger partial charge on any atom is -0.398 e. The molecule has 0 spiro atoms. The van der Waals surface area contributed by atoms with Crippen molar-refractivity contribution in [2.24, 2.45) is 0 Å². The van der Waals surface area contributed by atoms with Gasteiger partial charge in [-0.1, -0.05) is 0 Å². The lowest BCUT2D eigenvalue weighted by atomic mass is 10.3. The minimum atomic E-state index is -0.291. The molecule has 1 aromatic carbocycles. The van der Waals surface area contributed by atoms with Crippen molar-refractivity contribution in [2.45, 2.75) is 18.2 Å². The van der Waals surface area contributed by atoms with Gasteiger partial charge in [-0.15, -0.1) is 23.6 Å². The van der Waals surface area contributed by atoms with Crippen molar-refractivity contribution in [1.82, 2.24) is 0 Å². The molecule has 2 N–H and O–H groups in total. The predicted molar refractivity (Wildman–Crippen MR) is 59.6 cm³/mol. The van der Waals surface area contributed by atoms with Crippen LogP contribution in [0.2, 0.25) is 0 Å². The van der Waals surface area contributed by atoms with Crippen LogP contribution in [0.25, 0.3) is 0 Å². The van der Waals surface area contributed by atoms with E-state index in [2.05, 4.69) is 11.8 Å². The van der Waals surface area contributed by atoms with E-state index in [4.69, 9.17) is 5.73 Å². The summed E-state index contributed by atoms with van der Waals surface area (Å²) in [5.74, 6) is 6.38. The average Bonchev–Trinajstić information content (AvgIpc) is 2.15. The van der Waals surface area contributed by atoms with E-state index in [1.165, 1.54) is 12.1 Å². The van der Waals surface area contributed by atoms with Crippen molar-refractivity contribution in [2.75, 3.05) is 11.5 Å². The Morgan fingerprint density at radius 2 is 2.29 bits per heavy atom. The van der Waals surface area contributed by atoms with Crippen LogP contribution in [-0.4, -0.2) is 5.75 Å². The van der Waals surface area contributed by atoms with Crippen LogP contribution in [0.15, 0.2) is 23.1 Å². The summed E-state index contributed by atoms with van der Waals surface area (Å²) >= 11 is 1.60. The Morgan fingerprint density at radius 1 is 1.50 bits per heavy atom. The van der Waals surface area contributed by atoms with E-state index in [1.54, 1.807) is 17.8 Å². The third kappa shape index (κ3) is 3.31. The molecule has 1 nitrogen and oxygen atoms in total. The third-order valence-corrected chi connectivity index (χ3v) is 2.72. The maximum absolute atomic E-state index is 12.7. The van der Waals surface area contributed by atoms with E-state index in [9.17, 15) is 4.39 Å². The van der Waals surface area contributed by atoms with E-state index < -0.39 is 0 Å². The molecule has 1 rings (SSSR count). The molecule has 0 aliphatic heterocycles. The Morgan fingerprint density at radius 3 is 2.93 bits per heavy atom. The first-order chi connectivity index (χ1) is 6.74. The molecule has 0 unspecified atom stereocenters. The summed E-state index contributed by atoms with van der Waals surface area (Å²) in [4.78, 5) is 0.921. The molecule has 0 atom stereocenters. The number of nitrogen functional groups attached to an aromatic ring is 1. The van der Waals surface area contributed by atoms with Gasteiger partial charge in [-0.05, 0) is 25.1 Å². The normalized spacial score (nSPS) is 9.29. The molecular weight excluding hydrogens is 197 g/mol. The van der Waals surface area contributed by atoms with Crippen LogP contribution < -0.4 is 5.73 Å². The summed E-state index contributed by atoms with van der Waals surface area (Å²) in [7, 11) is 0. The van der Waals surface area contributed by atoms with Gasteiger partial charge in [0.15, 0.2) is 0 Å². The van der Waals surface area contributed by atoms with Gasteiger partial charge in [-0.3, -0.25) is 0 Å². The fourth-order valence-electron chi connectivity index (χ4n) is 0.988. The molecule has 0 heterocycles. The molecular formula is C11H12FNS. The number of hydrogen-bond acceptors (Lipinski definition) is 2. The van der Waals surface area contributed by atoms with Gasteiger partial charge < -0.3 is 5.73 Å². The van der Waals surface area contributed by atoms with Gasteiger partial charge in [0, 0.05) is 22.8 Å². The largest absolute Gasteiger partial charge is 0.398 e. The number of hydrogen-bond donors (Lipinski definition) is 1. The molecule has 0 bridgehead atoms. The maximum Gasteiger partial charge on any atom is 0.125 e. The second-order valence-corrected chi connectivity index (χ2v) is 3.84. The lowest BCUT2D eigenvalue weighted by molar-refractivity contribution is 0.627. The average molecular weight is 209 g/mol. The Balaban J connectivity index is 2.53. The van der Waals surface area contributed by atoms with Crippen molar-refractivity contribution >= 4 is 17.4 Å². The fraction of sp³-hybridized carbons (Fsp3) is 0.273. The Labute approximate surface area is 87.9 Å². The highest BCUT2D eigenvalue weighted by Crippen LogP contribution is 2.25. The van der Waals surface area contributed by atoms with Crippen molar-refractivity contribution < 1.29 is 4.39 Å².